The lowest BCUT2D eigenvalue weighted by molar-refractivity contribution is 0.145. The molecule has 0 bridgehead atoms. The van der Waals surface area contributed by atoms with Crippen LogP contribution in [0.4, 0.5) is 8.78 Å². The van der Waals surface area contributed by atoms with Crippen molar-refractivity contribution in [2.24, 2.45) is 0 Å². The number of pyridine rings is 1. The van der Waals surface area contributed by atoms with Crippen LogP contribution in [0.5, 0.6) is 0 Å². The largest absolute Gasteiger partial charge is 0.319 e. The molecule has 66 valence electrons. The Bertz CT molecular complexity index is 350. The van der Waals surface area contributed by atoms with E-state index < -0.39 is 17.7 Å². The fourth-order valence-corrected chi connectivity index (χ4v) is 1.79. The van der Waals surface area contributed by atoms with Crippen LogP contribution in [0.3, 0.4) is 0 Å². The lowest BCUT2D eigenvalue weighted by Crippen LogP contribution is -2.10. The highest BCUT2D eigenvalue weighted by atomic mass is 79.9. The molecule has 0 saturated carbocycles. The number of aromatic amines is 1. The van der Waals surface area contributed by atoms with E-state index in [0.717, 1.165) is 0 Å². The minimum atomic E-state index is -2.68. The molecule has 0 spiro atoms. The van der Waals surface area contributed by atoms with Crippen LogP contribution in [0.2, 0.25) is 0 Å². The molecule has 0 unspecified atom stereocenters. The molecule has 2 nitrogen and oxygen atoms in total. The molecule has 0 aliphatic carbocycles. The summed E-state index contributed by atoms with van der Waals surface area (Å²) in [7, 11) is 0. The molecule has 12 heavy (non-hydrogen) atoms. The molecule has 0 aromatic carbocycles. The second-order valence-corrected chi connectivity index (χ2v) is 3.72. The van der Waals surface area contributed by atoms with Crippen molar-refractivity contribution >= 4 is 31.9 Å². The summed E-state index contributed by atoms with van der Waals surface area (Å²) in [6.45, 7) is 0. The number of aromatic nitrogens is 1. The Hall–Kier alpha value is -0.230. The summed E-state index contributed by atoms with van der Waals surface area (Å²) >= 11 is 5.81. The predicted octanol–water partition coefficient (Wildman–Crippen LogP) is 2.84. The summed E-state index contributed by atoms with van der Waals surface area (Å²) < 4.78 is 24.7. The van der Waals surface area contributed by atoms with E-state index in [4.69, 9.17) is 0 Å². The molecule has 0 radical (unpaired) electrons. The molecule has 0 saturated heterocycles. The molecule has 1 N–H and O–H groups in total. The zero-order valence-corrected chi connectivity index (χ0v) is 8.75. The maximum atomic E-state index is 12.1. The molecule has 1 rings (SSSR count). The molecular weight excluding hydrogens is 300 g/mol. The van der Waals surface area contributed by atoms with E-state index in [1.54, 1.807) is 0 Å². The van der Waals surface area contributed by atoms with Crippen molar-refractivity contribution in [1.29, 1.82) is 0 Å². The lowest BCUT2D eigenvalue weighted by Gasteiger charge is -2.02. The number of alkyl halides is 2. The second kappa shape index (κ2) is 3.66. The lowest BCUT2D eigenvalue weighted by atomic mass is 10.4. The Morgan fingerprint density at radius 2 is 1.92 bits per heavy atom. The topological polar surface area (TPSA) is 32.9 Å². The summed E-state index contributed by atoms with van der Waals surface area (Å²) in [5.41, 5.74) is -0.961. The van der Waals surface area contributed by atoms with E-state index in [2.05, 4.69) is 31.9 Å². The van der Waals surface area contributed by atoms with Gasteiger partial charge in [-0.2, -0.15) is 0 Å². The summed E-state index contributed by atoms with van der Waals surface area (Å²) in [6, 6.07) is 1.29. The number of nitrogens with one attached hydrogen (secondary N) is 1. The molecule has 0 amide bonds. The second-order valence-electron chi connectivity index (χ2n) is 2.01. The van der Waals surface area contributed by atoms with Crippen LogP contribution in [-0.2, 0) is 0 Å². The van der Waals surface area contributed by atoms with Crippen LogP contribution in [0.25, 0.3) is 0 Å². The normalized spacial score (nSPS) is 10.8. The number of hydrogen-bond donors (Lipinski definition) is 1. The Kier molecular flexibility index (Phi) is 3.00. The summed E-state index contributed by atoms with van der Waals surface area (Å²) in [6.07, 6.45) is -2.68. The van der Waals surface area contributed by atoms with Crippen molar-refractivity contribution in [2.75, 3.05) is 0 Å². The van der Waals surface area contributed by atoms with Crippen molar-refractivity contribution in [3.63, 3.8) is 0 Å². The van der Waals surface area contributed by atoms with Gasteiger partial charge in [0.05, 0.1) is 10.2 Å². The minimum absolute atomic E-state index is 0.184. The van der Waals surface area contributed by atoms with Gasteiger partial charge in [-0.15, -0.1) is 0 Å². The van der Waals surface area contributed by atoms with Gasteiger partial charge >= 0.3 is 0 Å². The van der Waals surface area contributed by atoms with Crippen molar-refractivity contribution < 1.29 is 8.78 Å². The maximum absolute atomic E-state index is 12.1. The molecule has 1 aromatic heterocycles. The Morgan fingerprint density at radius 3 is 2.42 bits per heavy atom. The van der Waals surface area contributed by atoms with Crippen LogP contribution in [0.15, 0.2) is 19.8 Å². The molecule has 0 aliphatic rings. The zero-order chi connectivity index (χ0) is 9.30. The third kappa shape index (κ3) is 1.92. The first-order valence-corrected chi connectivity index (χ1v) is 4.47. The third-order valence-electron chi connectivity index (χ3n) is 1.19. The average Bonchev–Trinajstić information content (AvgIpc) is 1.96. The zero-order valence-electron chi connectivity index (χ0n) is 5.57. The smallest absolute Gasteiger partial charge is 0.279 e. The van der Waals surface area contributed by atoms with Gasteiger partial charge in [0, 0.05) is 4.47 Å². The first kappa shape index (κ1) is 9.85. The fourth-order valence-electron chi connectivity index (χ4n) is 0.655. The van der Waals surface area contributed by atoms with Gasteiger partial charge in [-0.25, -0.2) is 8.78 Å². The predicted molar refractivity (Wildman–Crippen MR) is 47.4 cm³/mol. The molecular formula is C6H3Br2F2NO. The first-order chi connectivity index (χ1) is 5.52. The van der Waals surface area contributed by atoms with E-state index in [0.29, 0.717) is 0 Å². The summed E-state index contributed by atoms with van der Waals surface area (Å²) in [5.74, 6) is 0. The van der Waals surface area contributed by atoms with Gasteiger partial charge in [0.25, 0.3) is 12.0 Å². The summed E-state index contributed by atoms with van der Waals surface area (Å²) in [5, 5.41) is 0. The van der Waals surface area contributed by atoms with Gasteiger partial charge in [-0.3, -0.25) is 4.79 Å². The van der Waals surface area contributed by atoms with Crippen LogP contribution >= 0.6 is 31.9 Å². The van der Waals surface area contributed by atoms with Gasteiger partial charge in [0.2, 0.25) is 0 Å². The van der Waals surface area contributed by atoms with Gasteiger partial charge in [0.1, 0.15) is 0 Å². The van der Waals surface area contributed by atoms with Crippen LogP contribution in [-0.4, -0.2) is 4.98 Å². The van der Waals surface area contributed by atoms with E-state index in [1.807, 2.05) is 4.98 Å². The van der Waals surface area contributed by atoms with Gasteiger partial charge in [-0.05, 0) is 37.9 Å². The van der Waals surface area contributed by atoms with Crippen molar-refractivity contribution in [3.05, 3.63) is 31.1 Å². The van der Waals surface area contributed by atoms with Gasteiger partial charge in [-0.1, -0.05) is 0 Å². The van der Waals surface area contributed by atoms with Crippen molar-refractivity contribution in [3.8, 4) is 0 Å². The SMILES string of the molecule is O=c1[nH]c(C(F)F)c(Br)cc1Br. The third-order valence-corrected chi connectivity index (χ3v) is 2.44. The van der Waals surface area contributed by atoms with Gasteiger partial charge in [0.15, 0.2) is 0 Å². The molecule has 0 atom stereocenters. The van der Waals surface area contributed by atoms with Crippen LogP contribution in [0.1, 0.15) is 12.1 Å². The molecule has 6 heteroatoms. The highest BCUT2D eigenvalue weighted by Crippen LogP contribution is 2.25. The number of H-pyrrole nitrogens is 1. The number of rotatable bonds is 1. The van der Waals surface area contributed by atoms with Crippen LogP contribution < -0.4 is 5.56 Å². The van der Waals surface area contributed by atoms with E-state index >= 15 is 0 Å². The summed E-state index contributed by atoms with van der Waals surface area (Å²) in [4.78, 5) is 12.9. The molecule has 0 fully saturated rings. The Labute approximate surface area is 83.2 Å². The highest BCUT2D eigenvalue weighted by molar-refractivity contribution is 9.11. The van der Waals surface area contributed by atoms with Gasteiger partial charge < -0.3 is 4.98 Å². The standard InChI is InChI=1S/C6H3Br2F2NO/c7-2-1-3(8)6(12)11-4(2)5(9)10/h1,5H,(H,11,12). The maximum Gasteiger partial charge on any atom is 0.279 e. The Balaban J connectivity index is 3.33. The van der Waals surface area contributed by atoms with Crippen molar-refractivity contribution in [2.45, 2.75) is 6.43 Å². The van der Waals surface area contributed by atoms with E-state index in [-0.39, 0.29) is 8.95 Å². The van der Waals surface area contributed by atoms with Crippen molar-refractivity contribution in [1.82, 2.24) is 4.98 Å². The van der Waals surface area contributed by atoms with E-state index in [9.17, 15) is 13.6 Å². The number of halogens is 4. The van der Waals surface area contributed by atoms with E-state index in [1.165, 1.54) is 6.07 Å². The first-order valence-electron chi connectivity index (χ1n) is 2.88. The highest BCUT2D eigenvalue weighted by Gasteiger charge is 2.13. The van der Waals surface area contributed by atoms with Crippen LogP contribution in [0, 0.1) is 0 Å². The number of hydrogen-bond acceptors (Lipinski definition) is 1. The molecule has 1 aromatic rings. The minimum Gasteiger partial charge on any atom is -0.319 e. The fraction of sp³-hybridized carbons (Fsp3) is 0.167. The quantitative estimate of drug-likeness (QED) is 0.850. The average molecular weight is 303 g/mol. The Morgan fingerprint density at radius 1 is 1.33 bits per heavy atom. The monoisotopic (exact) mass is 301 g/mol. The molecule has 1 heterocycles. The molecule has 0 aliphatic heterocycles.